The van der Waals surface area contributed by atoms with Crippen molar-refractivity contribution in [2.75, 3.05) is 12.0 Å². The molecule has 2 aromatic rings. The highest BCUT2D eigenvalue weighted by atomic mass is 32.2. The quantitative estimate of drug-likeness (QED) is 0.644. The van der Waals surface area contributed by atoms with Crippen molar-refractivity contribution >= 4 is 20.7 Å². The molecule has 0 radical (unpaired) electrons. The average Bonchev–Trinajstić information content (AvgIpc) is 2.37. The average molecular weight is 293 g/mol. The zero-order chi connectivity index (χ0) is 14.8. The van der Waals surface area contributed by atoms with Crippen LogP contribution < -0.4 is 11.3 Å². The fourth-order valence-electron chi connectivity index (χ4n) is 2.29. The molecular formula is C14H19N3O2S. The summed E-state index contributed by atoms with van der Waals surface area (Å²) < 4.78 is 22.7. The predicted molar refractivity (Wildman–Crippen MR) is 80.9 cm³/mol. The second-order valence-electron chi connectivity index (χ2n) is 5.01. The van der Waals surface area contributed by atoms with Crippen LogP contribution in [0.15, 0.2) is 30.3 Å². The first-order valence-electron chi connectivity index (χ1n) is 6.41. The lowest BCUT2D eigenvalue weighted by atomic mass is 9.99. The molecule has 20 heavy (non-hydrogen) atoms. The minimum atomic E-state index is -3.01. The van der Waals surface area contributed by atoms with Gasteiger partial charge in [0.15, 0.2) is 0 Å². The molecule has 1 aromatic heterocycles. The van der Waals surface area contributed by atoms with Crippen molar-refractivity contribution in [1.82, 2.24) is 10.4 Å². The highest BCUT2D eigenvalue weighted by Crippen LogP contribution is 2.26. The van der Waals surface area contributed by atoms with Crippen molar-refractivity contribution < 1.29 is 8.42 Å². The summed E-state index contributed by atoms with van der Waals surface area (Å²) >= 11 is 0. The molecule has 0 spiro atoms. The van der Waals surface area contributed by atoms with E-state index in [-0.39, 0.29) is 11.8 Å². The number of benzene rings is 1. The zero-order valence-corrected chi connectivity index (χ0v) is 12.4. The number of nitrogens with two attached hydrogens (primary N) is 1. The van der Waals surface area contributed by atoms with Gasteiger partial charge in [-0.1, -0.05) is 18.2 Å². The topological polar surface area (TPSA) is 85.1 Å². The molecule has 0 saturated carbocycles. The van der Waals surface area contributed by atoms with Gasteiger partial charge in [0, 0.05) is 23.4 Å². The minimum absolute atomic E-state index is 0.0948. The van der Waals surface area contributed by atoms with E-state index in [0.717, 1.165) is 22.2 Å². The SMILES string of the molecule is Cc1cc(C(CCS(C)(=O)=O)NN)c2ccccc2n1. The Kier molecular flexibility index (Phi) is 4.37. The number of fused-ring (bicyclic) bond motifs is 1. The summed E-state index contributed by atoms with van der Waals surface area (Å²) in [6, 6.07) is 9.52. The number of hydrazine groups is 1. The van der Waals surface area contributed by atoms with Gasteiger partial charge in [-0.3, -0.25) is 16.3 Å². The standard InChI is InChI=1S/C14H19N3O2S/c1-10-9-12(11-5-3-4-6-13(11)16-10)14(17-15)7-8-20(2,18)19/h3-6,9,14,17H,7-8,15H2,1-2H3. The number of hydrogen-bond acceptors (Lipinski definition) is 5. The molecule has 1 heterocycles. The minimum Gasteiger partial charge on any atom is -0.271 e. The first kappa shape index (κ1) is 14.9. The van der Waals surface area contributed by atoms with Crippen molar-refractivity contribution in [1.29, 1.82) is 0 Å². The molecule has 1 unspecified atom stereocenters. The van der Waals surface area contributed by atoms with Gasteiger partial charge in [0.2, 0.25) is 0 Å². The van der Waals surface area contributed by atoms with Gasteiger partial charge in [-0.2, -0.15) is 0 Å². The predicted octanol–water partition coefficient (Wildman–Crippen LogP) is 1.48. The summed E-state index contributed by atoms with van der Waals surface area (Å²) in [4.78, 5) is 4.48. The third-order valence-electron chi connectivity index (χ3n) is 3.23. The van der Waals surface area contributed by atoms with Gasteiger partial charge >= 0.3 is 0 Å². The summed E-state index contributed by atoms with van der Waals surface area (Å²) in [6.45, 7) is 1.92. The fourth-order valence-corrected chi connectivity index (χ4v) is 2.95. The van der Waals surface area contributed by atoms with Crippen LogP contribution in [0, 0.1) is 6.92 Å². The number of nitrogens with one attached hydrogen (secondary N) is 1. The molecule has 108 valence electrons. The molecule has 6 heteroatoms. The van der Waals surface area contributed by atoms with Gasteiger partial charge in [-0.25, -0.2) is 8.42 Å². The van der Waals surface area contributed by atoms with Crippen LogP contribution in [0.25, 0.3) is 10.9 Å². The number of para-hydroxylation sites is 1. The van der Waals surface area contributed by atoms with Crippen molar-refractivity contribution in [3.05, 3.63) is 41.6 Å². The van der Waals surface area contributed by atoms with Crippen LogP contribution >= 0.6 is 0 Å². The van der Waals surface area contributed by atoms with Gasteiger partial charge in [0.05, 0.1) is 11.3 Å². The maximum Gasteiger partial charge on any atom is 0.147 e. The summed E-state index contributed by atoms with van der Waals surface area (Å²) in [5.74, 6) is 5.70. The normalized spacial score (nSPS) is 13.6. The molecule has 1 atom stereocenters. The van der Waals surface area contributed by atoms with Crippen LogP contribution in [0.3, 0.4) is 0 Å². The van der Waals surface area contributed by atoms with Gasteiger partial charge in [-0.05, 0) is 31.0 Å². The van der Waals surface area contributed by atoms with E-state index in [2.05, 4.69) is 10.4 Å². The van der Waals surface area contributed by atoms with Crippen LogP contribution in [0.5, 0.6) is 0 Å². The van der Waals surface area contributed by atoms with Gasteiger partial charge in [0.1, 0.15) is 9.84 Å². The molecule has 1 aromatic carbocycles. The van der Waals surface area contributed by atoms with Gasteiger partial charge < -0.3 is 0 Å². The lowest BCUT2D eigenvalue weighted by molar-refractivity contribution is 0.533. The van der Waals surface area contributed by atoms with E-state index in [1.165, 1.54) is 6.26 Å². The molecule has 5 nitrogen and oxygen atoms in total. The lowest BCUT2D eigenvalue weighted by Gasteiger charge is -2.18. The number of sulfone groups is 1. The number of nitrogens with zero attached hydrogens (tertiary/aromatic N) is 1. The molecule has 3 N–H and O–H groups in total. The van der Waals surface area contributed by atoms with E-state index in [0.29, 0.717) is 6.42 Å². The Morgan fingerprint density at radius 3 is 2.70 bits per heavy atom. The molecule has 0 aliphatic rings. The fraction of sp³-hybridized carbons (Fsp3) is 0.357. The Morgan fingerprint density at radius 2 is 2.05 bits per heavy atom. The second kappa shape index (κ2) is 5.87. The van der Waals surface area contributed by atoms with Crippen LogP contribution in [0.2, 0.25) is 0 Å². The highest BCUT2D eigenvalue weighted by molar-refractivity contribution is 7.90. The molecule has 2 rings (SSSR count). The number of pyridine rings is 1. The Balaban J connectivity index is 2.43. The number of aromatic nitrogens is 1. The molecule has 0 bridgehead atoms. The van der Waals surface area contributed by atoms with Gasteiger partial charge in [0.25, 0.3) is 0 Å². The zero-order valence-electron chi connectivity index (χ0n) is 11.6. The number of hydrogen-bond donors (Lipinski definition) is 2. The summed E-state index contributed by atoms with van der Waals surface area (Å²) in [6.07, 6.45) is 1.67. The van der Waals surface area contributed by atoms with Crippen molar-refractivity contribution in [2.45, 2.75) is 19.4 Å². The molecule has 0 amide bonds. The largest absolute Gasteiger partial charge is 0.271 e. The Morgan fingerprint density at radius 1 is 1.35 bits per heavy atom. The molecule has 0 fully saturated rings. The Hall–Kier alpha value is -1.50. The Labute approximate surface area is 119 Å². The third-order valence-corrected chi connectivity index (χ3v) is 4.21. The first-order chi connectivity index (χ1) is 9.40. The summed E-state index contributed by atoms with van der Waals surface area (Å²) in [5.41, 5.74) is 5.48. The monoisotopic (exact) mass is 293 g/mol. The molecule has 0 aliphatic heterocycles. The van der Waals surface area contributed by atoms with E-state index in [9.17, 15) is 8.42 Å². The van der Waals surface area contributed by atoms with Crippen molar-refractivity contribution in [2.24, 2.45) is 5.84 Å². The summed E-state index contributed by atoms with van der Waals surface area (Å²) in [5, 5.41) is 0.995. The van der Waals surface area contributed by atoms with Crippen LogP contribution in [0.4, 0.5) is 0 Å². The molecular weight excluding hydrogens is 274 g/mol. The molecule has 0 saturated heterocycles. The second-order valence-corrected chi connectivity index (χ2v) is 7.27. The van der Waals surface area contributed by atoms with E-state index in [1.54, 1.807) is 0 Å². The van der Waals surface area contributed by atoms with Gasteiger partial charge in [-0.15, -0.1) is 0 Å². The summed E-state index contributed by atoms with van der Waals surface area (Å²) in [7, 11) is -3.01. The highest BCUT2D eigenvalue weighted by Gasteiger charge is 2.16. The lowest BCUT2D eigenvalue weighted by Crippen LogP contribution is -2.30. The maximum absolute atomic E-state index is 11.3. The van der Waals surface area contributed by atoms with Crippen molar-refractivity contribution in [3.63, 3.8) is 0 Å². The number of rotatable bonds is 5. The maximum atomic E-state index is 11.3. The smallest absolute Gasteiger partial charge is 0.147 e. The van der Waals surface area contributed by atoms with Crippen molar-refractivity contribution in [3.8, 4) is 0 Å². The Bertz CT molecular complexity index is 713. The van der Waals surface area contributed by atoms with E-state index in [1.807, 2.05) is 37.3 Å². The van der Waals surface area contributed by atoms with E-state index < -0.39 is 9.84 Å². The van der Waals surface area contributed by atoms with E-state index >= 15 is 0 Å². The third kappa shape index (κ3) is 3.53. The number of aryl methyl sites for hydroxylation is 1. The molecule has 0 aliphatic carbocycles. The van der Waals surface area contributed by atoms with E-state index in [4.69, 9.17) is 5.84 Å². The first-order valence-corrected chi connectivity index (χ1v) is 8.47. The van der Waals surface area contributed by atoms with Crippen LogP contribution in [-0.2, 0) is 9.84 Å². The van der Waals surface area contributed by atoms with Crippen LogP contribution in [0.1, 0.15) is 23.7 Å². The van der Waals surface area contributed by atoms with Crippen LogP contribution in [-0.4, -0.2) is 25.4 Å².